The minimum Gasteiger partial charge on any atom is -0.382 e. The van der Waals surface area contributed by atoms with Crippen molar-refractivity contribution in [2.75, 3.05) is 18.5 Å². The van der Waals surface area contributed by atoms with E-state index in [4.69, 9.17) is 0 Å². The van der Waals surface area contributed by atoms with E-state index in [-0.39, 0.29) is 12.6 Å². The zero-order chi connectivity index (χ0) is 12.3. The van der Waals surface area contributed by atoms with Crippen molar-refractivity contribution in [3.8, 4) is 0 Å². The molecule has 0 saturated carbocycles. The van der Waals surface area contributed by atoms with Crippen molar-refractivity contribution in [2.24, 2.45) is 0 Å². The molecule has 1 aromatic rings. The third-order valence-electron chi connectivity index (χ3n) is 2.72. The first kappa shape index (κ1) is 12.2. The monoisotopic (exact) mass is 245 g/mol. The summed E-state index contributed by atoms with van der Waals surface area (Å²) in [6, 6.07) is 8.09. The van der Waals surface area contributed by atoms with Gasteiger partial charge in [-0.2, -0.15) is 13.2 Å². The number of benzene rings is 1. The van der Waals surface area contributed by atoms with Crippen molar-refractivity contribution >= 4 is 5.69 Å². The highest BCUT2D eigenvalue weighted by atomic mass is 19.4. The van der Waals surface area contributed by atoms with Gasteiger partial charge in [-0.3, -0.25) is 0 Å². The molecule has 0 radical (unpaired) electrons. The van der Waals surface area contributed by atoms with E-state index in [1.165, 1.54) is 5.56 Å². The Hall–Kier alpha value is -1.23. The first-order valence-corrected chi connectivity index (χ1v) is 5.53. The third-order valence-corrected chi connectivity index (χ3v) is 2.72. The van der Waals surface area contributed by atoms with Crippen molar-refractivity contribution in [3.05, 3.63) is 29.8 Å². The molecule has 0 saturated heterocycles. The van der Waals surface area contributed by atoms with Crippen molar-refractivity contribution < 1.29 is 17.9 Å². The molecule has 0 amide bonds. The molecule has 0 spiro atoms. The van der Waals surface area contributed by atoms with Gasteiger partial charge in [-0.05, 0) is 24.5 Å². The Morgan fingerprint density at radius 3 is 2.76 bits per heavy atom. The fourth-order valence-corrected chi connectivity index (χ4v) is 1.96. The molecule has 5 heteroatoms. The Labute approximate surface area is 97.8 Å². The van der Waals surface area contributed by atoms with Gasteiger partial charge in [0.25, 0.3) is 0 Å². The Kier molecular flexibility index (Phi) is 3.57. The Morgan fingerprint density at radius 1 is 1.29 bits per heavy atom. The van der Waals surface area contributed by atoms with E-state index in [1.54, 1.807) is 0 Å². The normalized spacial score (nSPS) is 18.9. The number of ether oxygens (including phenoxy) is 1. The number of nitrogens with one attached hydrogen (secondary N) is 1. The van der Waals surface area contributed by atoms with Gasteiger partial charge in [0.2, 0.25) is 0 Å². The van der Waals surface area contributed by atoms with Gasteiger partial charge in [0.15, 0.2) is 0 Å². The van der Waals surface area contributed by atoms with E-state index in [1.807, 2.05) is 24.3 Å². The van der Waals surface area contributed by atoms with Crippen LogP contribution in [-0.2, 0) is 11.2 Å². The lowest BCUT2D eigenvalue weighted by Crippen LogP contribution is -2.21. The molecule has 17 heavy (non-hydrogen) atoms. The van der Waals surface area contributed by atoms with Crippen LogP contribution in [0.4, 0.5) is 18.9 Å². The van der Waals surface area contributed by atoms with Crippen LogP contribution in [0.15, 0.2) is 24.3 Å². The van der Waals surface area contributed by atoms with E-state index in [0.717, 1.165) is 12.1 Å². The molecule has 1 unspecified atom stereocenters. The van der Waals surface area contributed by atoms with Gasteiger partial charge >= 0.3 is 6.18 Å². The van der Waals surface area contributed by atoms with Gasteiger partial charge in [-0.25, -0.2) is 0 Å². The largest absolute Gasteiger partial charge is 0.411 e. The number of hydrogen-bond donors (Lipinski definition) is 1. The molecule has 1 N–H and O–H groups in total. The van der Waals surface area contributed by atoms with Gasteiger partial charge in [0, 0.05) is 18.3 Å². The number of fused-ring (bicyclic) bond motifs is 1. The van der Waals surface area contributed by atoms with Crippen molar-refractivity contribution in [1.82, 2.24) is 0 Å². The van der Waals surface area contributed by atoms with Crippen LogP contribution in [-0.4, -0.2) is 25.4 Å². The molecular formula is C12H14F3NO. The number of anilines is 1. The summed E-state index contributed by atoms with van der Waals surface area (Å²) in [4.78, 5) is 0. The molecule has 0 aliphatic carbocycles. The smallest absolute Gasteiger partial charge is 0.382 e. The number of halogens is 3. The van der Waals surface area contributed by atoms with Crippen LogP contribution in [0, 0.1) is 0 Å². The summed E-state index contributed by atoms with van der Waals surface area (Å²) in [5.41, 5.74) is 2.29. The van der Waals surface area contributed by atoms with Gasteiger partial charge < -0.3 is 10.1 Å². The summed E-state index contributed by atoms with van der Waals surface area (Å²) in [6.07, 6.45) is -2.79. The molecule has 1 heterocycles. The number of alkyl halides is 3. The highest BCUT2D eigenvalue weighted by Gasteiger charge is 2.27. The van der Waals surface area contributed by atoms with E-state index in [9.17, 15) is 13.2 Å². The average molecular weight is 245 g/mol. The molecular weight excluding hydrogens is 231 g/mol. The van der Waals surface area contributed by atoms with Crippen molar-refractivity contribution in [3.63, 3.8) is 0 Å². The minimum atomic E-state index is -4.23. The standard InChI is InChI=1S/C12H14F3NO/c13-12(14,15)8-17-6-5-10-7-9-3-1-2-4-11(9)16-10/h1-4,10,16H,5-8H2. The Balaban J connectivity index is 1.70. The maximum Gasteiger partial charge on any atom is 0.411 e. The molecule has 94 valence electrons. The zero-order valence-electron chi connectivity index (χ0n) is 9.26. The molecule has 1 aliphatic heterocycles. The summed E-state index contributed by atoms with van der Waals surface area (Å²) in [6.45, 7) is -1.03. The third kappa shape index (κ3) is 3.63. The fraction of sp³-hybridized carbons (Fsp3) is 0.500. The SMILES string of the molecule is FC(F)(F)COCCC1Cc2ccccc2N1. The number of para-hydroxylation sites is 1. The highest BCUT2D eigenvalue weighted by molar-refractivity contribution is 5.56. The molecule has 0 fully saturated rings. The lowest BCUT2D eigenvalue weighted by atomic mass is 10.1. The second kappa shape index (κ2) is 4.96. The number of rotatable bonds is 4. The Morgan fingerprint density at radius 2 is 2.06 bits per heavy atom. The summed E-state index contributed by atoms with van der Waals surface area (Å²) in [5.74, 6) is 0. The van der Waals surface area contributed by atoms with Crippen LogP contribution >= 0.6 is 0 Å². The van der Waals surface area contributed by atoms with Gasteiger partial charge in [-0.1, -0.05) is 18.2 Å². The molecule has 1 aromatic carbocycles. The van der Waals surface area contributed by atoms with Crippen LogP contribution < -0.4 is 5.32 Å². The van der Waals surface area contributed by atoms with Gasteiger partial charge in [0.05, 0.1) is 0 Å². The van der Waals surface area contributed by atoms with Crippen molar-refractivity contribution in [2.45, 2.75) is 25.1 Å². The minimum absolute atomic E-state index is 0.130. The van der Waals surface area contributed by atoms with E-state index < -0.39 is 12.8 Å². The first-order valence-electron chi connectivity index (χ1n) is 5.53. The number of hydrogen-bond acceptors (Lipinski definition) is 2. The average Bonchev–Trinajstić information content (AvgIpc) is 2.65. The van der Waals surface area contributed by atoms with Crippen LogP contribution in [0.25, 0.3) is 0 Å². The first-order chi connectivity index (χ1) is 8.04. The molecule has 2 nitrogen and oxygen atoms in total. The molecule has 1 aliphatic rings. The predicted molar refractivity (Wildman–Crippen MR) is 59.0 cm³/mol. The van der Waals surface area contributed by atoms with Crippen molar-refractivity contribution in [1.29, 1.82) is 0 Å². The molecule has 0 aromatic heterocycles. The lowest BCUT2D eigenvalue weighted by Gasteiger charge is -2.12. The molecule has 0 bridgehead atoms. The summed E-state index contributed by atoms with van der Waals surface area (Å²) in [7, 11) is 0. The summed E-state index contributed by atoms with van der Waals surface area (Å²) in [5, 5.41) is 3.27. The molecule has 2 rings (SSSR count). The van der Waals surface area contributed by atoms with Crippen LogP contribution in [0.1, 0.15) is 12.0 Å². The summed E-state index contributed by atoms with van der Waals surface area (Å²) < 4.78 is 40.1. The van der Waals surface area contributed by atoms with E-state index in [2.05, 4.69) is 10.1 Å². The maximum absolute atomic E-state index is 11.8. The highest BCUT2D eigenvalue weighted by Crippen LogP contribution is 2.26. The topological polar surface area (TPSA) is 21.3 Å². The second-order valence-corrected chi connectivity index (χ2v) is 4.16. The van der Waals surface area contributed by atoms with E-state index in [0.29, 0.717) is 6.42 Å². The van der Waals surface area contributed by atoms with Gasteiger partial charge in [0.1, 0.15) is 6.61 Å². The van der Waals surface area contributed by atoms with Crippen LogP contribution in [0.2, 0.25) is 0 Å². The van der Waals surface area contributed by atoms with Crippen LogP contribution in [0.3, 0.4) is 0 Å². The lowest BCUT2D eigenvalue weighted by molar-refractivity contribution is -0.174. The van der Waals surface area contributed by atoms with Gasteiger partial charge in [-0.15, -0.1) is 0 Å². The summed E-state index contributed by atoms with van der Waals surface area (Å²) >= 11 is 0. The van der Waals surface area contributed by atoms with Crippen LogP contribution in [0.5, 0.6) is 0 Å². The second-order valence-electron chi connectivity index (χ2n) is 4.16. The van der Waals surface area contributed by atoms with E-state index >= 15 is 0 Å². The quantitative estimate of drug-likeness (QED) is 0.823. The predicted octanol–water partition coefficient (Wildman–Crippen LogP) is 2.99. The maximum atomic E-state index is 11.8. The molecule has 1 atom stereocenters. The fourth-order valence-electron chi connectivity index (χ4n) is 1.96. The zero-order valence-corrected chi connectivity index (χ0v) is 9.26. The Bertz CT molecular complexity index is 353.